The normalized spacial score (nSPS) is 11.1. The van der Waals surface area contributed by atoms with E-state index in [0.717, 1.165) is 61.0 Å². The lowest BCUT2D eigenvalue weighted by Gasteiger charge is -2.10. The van der Waals surface area contributed by atoms with Crippen molar-refractivity contribution in [2.45, 2.75) is 0 Å². The summed E-state index contributed by atoms with van der Waals surface area (Å²) in [6.45, 7) is 0. The Bertz CT molecular complexity index is 2690. The summed E-state index contributed by atoms with van der Waals surface area (Å²) in [5, 5.41) is 2.33. The van der Waals surface area contributed by atoms with Gasteiger partial charge in [0.1, 0.15) is 0 Å². The van der Waals surface area contributed by atoms with E-state index >= 15 is 0 Å². The highest BCUT2D eigenvalue weighted by atomic mass is 15.0. The SMILES string of the molecule is c1ccc(-c2nc(-c3ccncc3)nc(-c3ccc(-c4ccc5ccc(-c6ccc(-c7nc(-c8ccccc8)nc(-c8ccncc8)n7)cc6)cc5c4)cc3)n2)cc1. The molecule has 8 heteroatoms. The van der Waals surface area contributed by atoms with Crippen LogP contribution in [-0.4, -0.2) is 39.9 Å². The van der Waals surface area contributed by atoms with Gasteiger partial charge in [-0.05, 0) is 69.4 Å². The molecule has 10 aromatic rings. The first-order chi connectivity index (χ1) is 28.7. The Hall–Kier alpha value is -8.10. The lowest BCUT2D eigenvalue weighted by molar-refractivity contribution is 1.07. The van der Waals surface area contributed by atoms with Crippen molar-refractivity contribution in [2.75, 3.05) is 0 Å². The van der Waals surface area contributed by atoms with Crippen molar-refractivity contribution in [3.8, 4) is 90.6 Å². The fourth-order valence-corrected chi connectivity index (χ4v) is 6.93. The minimum absolute atomic E-state index is 0.605. The molecule has 0 aliphatic carbocycles. The van der Waals surface area contributed by atoms with E-state index in [1.807, 2.05) is 84.9 Å². The van der Waals surface area contributed by atoms with Crippen LogP contribution in [0.5, 0.6) is 0 Å². The molecule has 4 heterocycles. The highest BCUT2D eigenvalue weighted by Crippen LogP contribution is 2.32. The Balaban J connectivity index is 0.941. The Kier molecular flexibility index (Phi) is 9.02. The minimum atomic E-state index is 0.605. The third-order valence-corrected chi connectivity index (χ3v) is 10.0. The van der Waals surface area contributed by atoms with Crippen LogP contribution in [0.3, 0.4) is 0 Å². The minimum Gasteiger partial charge on any atom is -0.265 e. The standard InChI is InChI=1S/C50H32N8/c1-3-7-36(8-4-1)45-53-47(57-49(55-45)40-23-27-51-28-24-40)38-17-11-33(12-18-38)42-21-15-35-16-22-43(32-44(35)31-42)34-13-19-39(20-14-34)48-54-46(37-9-5-2-6-10-37)56-50(58-48)41-25-29-52-30-26-41/h1-32H. The first-order valence-electron chi connectivity index (χ1n) is 18.9. The van der Waals surface area contributed by atoms with E-state index in [2.05, 4.69) is 94.9 Å². The fraction of sp³-hybridized carbons (Fsp3) is 0. The first kappa shape index (κ1) is 34.4. The van der Waals surface area contributed by atoms with Crippen LogP contribution in [0.1, 0.15) is 0 Å². The zero-order valence-corrected chi connectivity index (χ0v) is 31.1. The van der Waals surface area contributed by atoms with Crippen LogP contribution in [0.4, 0.5) is 0 Å². The summed E-state index contributed by atoms with van der Waals surface area (Å²) < 4.78 is 0. The molecule has 4 aromatic heterocycles. The number of fused-ring (bicyclic) bond motifs is 1. The van der Waals surface area contributed by atoms with Crippen molar-refractivity contribution < 1.29 is 0 Å². The quantitative estimate of drug-likeness (QED) is 0.151. The summed E-state index contributed by atoms with van der Waals surface area (Å²) in [5.41, 5.74) is 9.90. The van der Waals surface area contributed by atoms with Gasteiger partial charge >= 0.3 is 0 Å². The van der Waals surface area contributed by atoms with E-state index in [1.54, 1.807) is 24.8 Å². The average molecular weight is 745 g/mol. The first-order valence-corrected chi connectivity index (χ1v) is 18.9. The maximum Gasteiger partial charge on any atom is 0.164 e. The van der Waals surface area contributed by atoms with E-state index in [1.165, 1.54) is 5.39 Å². The molecule has 58 heavy (non-hydrogen) atoms. The molecule has 6 aromatic carbocycles. The molecular formula is C50H32N8. The van der Waals surface area contributed by atoms with Crippen LogP contribution in [0.2, 0.25) is 0 Å². The molecular weight excluding hydrogens is 713 g/mol. The van der Waals surface area contributed by atoms with Crippen molar-refractivity contribution in [3.05, 3.63) is 195 Å². The number of aromatic nitrogens is 8. The van der Waals surface area contributed by atoms with Gasteiger partial charge < -0.3 is 0 Å². The number of hydrogen-bond acceptors (Lipinski definition) is 8. The van der Waals surface area contributed by atoms with Gasteiger partial charge in [-0.1, -0.05) is 133 Å². The Morgan fingerprint density at radius 1 is 0.207 bits per heavy atom. The second-order valence-corrected chi connectivity index (χ2v) is 13.7. The van der Waals surface area contributed by atoms with Gasteiger partial charge in [0.25, 0.3) is 0 Å². The predicted octanol–water partition coefficient (Wildman–Crippen LogP) is 11.3. The van der Waals surface area contributed by atoms with Gasteiger partial charge in [-0.3, -0.25) is 9.97 Å². The van der Waals surface area contributed by atoms with Crippen LogP contribution in [0, 0.1) is 0 Å². The monoisotopic (exact) mass is 744 g/mol. The van der Waals surface area contributed by atoms with Crippen molar-refractivity contribution >= 4 is 10.8 Å². The van der Waals surface area contributed by atoms with Crippen LogP contribution in [-0.2, 0) is 0 Å². The molecule has 0 saturated carbocycles. The van der Waals surface area contributed by atoms with Crippen LogP contribution in [0.15, 0.2) is 195 Å². The average Bonchev–Trinajstić information content (AvgIpc) is 3.32. The van der Waals surface area contributed by atoms with E-state index < -0.39 is 0 Å². The molecule has 0 atom stereocenters. The number of nitrogens with zero attached hydrogens (tertiary/aromatic N) is 8. The van der Waals surface area contributed by atoms with Crippen LogP contribution in [0.25, 0.3) is 101 Å². The topological polar surface area (TPSA) is 103 Å². The summed E-state index contributed by atoms with van der Waals surface area (Å²) in [7, 11) is 0. The molecule has 0 aliphatic rings. The second-order valence-electron chi connectivity index (χ2n) is 13.7. The third-order valence-electron chi connectivity index (χ3n) is 10.0. The Labute approximate surface area is 334 Å². The van der Waals surface area contributed by atoms with Crippen molar-refractivity contribution in [1.82, 2.24) is 39.9 Å². The van der Waals surface area contributed by atoms with Crippen LogP contribution >= 0.6 is 0 Å². The Morgan fingerprint density at radius 3 is 0.828 bits per heavy atom. The molecule has 0 bridgehead atoms. The molecule has 10 rings (SSSR count). The van der Waals surface area contributed by atoms with E-state index in [4.69, 9.17) is 29.9 Å². The predicted molar refractivity (Wildman–Crippen MR) is 230 cm³/mol. The maximum atomic E-state index is 4.89. The van der Waals surface area contributed by atoms with Crippen molar-refractivity contribution in [1.29, 1.82) is 0 Å². The number of hydrogen-bond donors (Lipinski definition) is 0. The van der Waals surface area contributed by atoms with Gasteiger partial charge in [-0.15, -0.1) is 0 Å². The lowest BCUT2D eigenvalue weighted by Crippen LogP contribution is -2.00. The van der Waals surface area contributed by atoms with E-state index in [0.29, 0.717) is 34.9 Å². The summed E-state index contributed by atoms with van der Waals surface area (Å²) in [6.07, 6.45) is 6.99. The maximum absolute atomic E-state index is 4.89. The largest absolute Gasteiger partial charge is 0.265 e. The Morgan fingerprint density at radius 2 is 0.483 bits per heavy atom. The molecule has 0 radical (unpaired) electrons. The zero-order valence-electron chi connectivity index (χ0n) is 31.1. The van der Waals surface area contributed by atoms with Crippen molar-refractivity contribution in [3.63, 3.8) is 0 Å². The summed E-state index contributed by atoms with van der Waals surface area (Å²) in [5.74, 6) is 3.69. The molecule has 0 aliphatic heterocycles. The molecule has 0 saturated heterocycles. The molecule has 0 amide bonds. The fourth-order valence-electron chi connectivity index (χ4n) is 6.93. The smallest absolute Gasteiger partial charge is 0.164 e. The molecule has 8 nitrogen and oxygen atoms in total. The summed E-state index contributed by atoms with van der Waals surface area (Å²) >= 11 is 0. The molecule has 0 fully saturated rings. The van der Waals surface area contributed by atoms with Gasteiger partial charge in [0.05, 0.1) is 0 Å². The summed E-state index contributed by atoms with van der Waals surface area (Å²) in [6, 6.07) is 57.6. The highest BCUT2D eigenvalue weighted by Gasteiger charge is 2.14. The number of rotatable bonds is 8. The lowest BCUT2D eigenvalue weighted by atomic mass is 9.96. The van der Waals surface area contributed by atoms with Gasteiger partial charge in [0, 0.05) is 58.2 Å². The molecule has 272 valence electrons. The molecule has 0 unspecified atom stereocenters. The van der Waals surface area contributed by atoms with Gasteiger partial charge in [-0.25, -0.2) is 29.9 Å². The van der Waals surface area contributed by atoms with Gasteiger partial charge in [0.2, 0.25) is 0 Å². The molecule has 0 N–H and O–H groups in total. The van der Waals surface area contributed by atoms with Gasteiger partial charge in [0.15, 0.2) is 34.9 Å². The second kappa shape index (κ2) is 15.2. The van der Waals surface area contributed by atoms with Crippen LogP contribution < -0.4 is 0 Å². The zero-order chi connectivity index (χ0) is 38.7. The van der Waals surface area contributed by atoms with Gasteiger partial charge in [-0.2, -0.15) is 0 Å². The third kappa shape index (κ3) is 7.09. The highest BCUT2D eigenvalue weighted by molar-refractivity contribution is 5.91. The molecule has 0 spiro atoms. The summed E-state index contributed by atoms with van der Waals surface area (Å²) in [4.78, 5) is 37.5. The number of benzene rings is 6. The van der Waals surface area contributed by atoms with E-state index in [-0.39, 0.29) is 0 Å². The number of pyridine rings is 2. The van der Waals surface area contributed by atoms with Crippen molar-refractivity contribution in [2.24, 2.45) is 0 Å². The van der Waals surface area contributed by atoms with E-state index in [9.17, 15) is 0 Å².